The molecule has 0 N–H and O–H groups in total. The van der Waals surface area contributed by atoms with Gasteiger partial charge in [0, 0.05) is 6.07 Å². The molecule has 1 aliphatic carbocycles. The van der Waals surface area contributed by atoms with Gasteiger partial charge in [-0.3, -0.25) is 10.1 Å². The maximum absolute atomic E-state index is 12.0. The molecule has 0 radical (unpaired) electrons. The molecule has 2 atom stereocenters. The summed E-state index contributed by atoms with van der Waals surface area (Å²) in [5, 5.41) is 10.9. The predicted molar refractivity (Wildman–Crippen MR) is 74.4 cm³/mol. The highest BCUT2D eigenvalue weighted by Crippen LogP contribution is 2.26. The van der Waals surface area contributed by atoms with Gasteiger partial charge in [0.2, 0.25) is 0 Å². The number of benzene rings is 1. The lowest BCUT2D eigenvalue weighted by Crippen LogP contribution is -2.22. The van der Waals surface area contributed by atoms with Gasteiger partial charge < -0.3 is 4.74 Å². The van der Waals surface area contributed by atoms with Crippen LogP contribution in [-0.2, 0) is 4.74 Å². The standard InChI is InChI=1S/C15H17NO4/c1-11-6-2-3-7-12(11)10-20-15(17)13-8-4-5-9-14(13)16(18)19/h2-5,8-9,11-12H,6-7,10H2,1H3. The molecule has 106 valence electrons. The summed E-state index contributed by atoms with van der Waals surface area (Å²) in [6, 6.07) is 5.85. The summed E-state index contributed by atoms with van der Waals surface area (Å²) in [4.78, 5) is 22.3. The molecule has 5 nitrogen and oxygen atoms in total. The van der Waals surface area contributed by atoms with Crippen molar-refractivity contribution in [3.63, 3.8) is 0 Å². The van der Waals surface area contributed by atoms with Gasteiger partial charge in [-0.25, -0.2) is 4.79 Å². The molecule has 0 aromatic heterocycles. The fourth-order valence-corrected chi connectivity index (χ4v) is 2.30. The molecule has 2 unspecified atom stereocenters. The Morgan fingerprint density at radius 1 is 1.35 bits per heavy atom. The normalized spacial score (nSPS) is 21.4. The number of para-hydroxylation sites is 1. The van der Waals surface area contributed by atoms with E-state index in [9.17, 15) is 14.9 Å². The summed E-state index contributed by atoms with van der Waals surface area (Å²) in [6.07, 6.45) is 6.08. The van der Waals surface area contributed by atoms with E-state index in [4.69, 9.17) is 4.74 Å². The van der Waals surface area contributed by atoms with Crippen LogP contribution in [0.15, 0.2) is 36.4 Å². The van der Waals surface area contributed by atoms with Crippen LogP contribution in [0.5, 0.6) is 0 Å². The van der Waals surface area contributed by atoms with Crippen molar-refractivity contribution in [3.8, 4) is 0 Å². The summed E-state index contributed by atoms with van der Waals surface area (Å²) >= 11 is 0. The highest BCUT2D eigenvalue weighted by atomic mass is 16.6. The topological polar surface area (TPSA) is 69.4 Å². The van der Waals surface area contributed by atoms with E-state index in [1.165, 1.54) is 18.2 Å². The molecule has 0 aliphatic heterocycles. The Labute approximate surface area is 117 Å². The largest absolute Gasteiger partial charge is 0.462 e. The van der Waals surface area contributed by atoms with Crippen LogP contribution in [0.4, 0.5) is 5.69 Å². The second-order valence-corrected chi connectivity index (χ2v) is 5.05. The van der Waals surface area contributed by atoms with E-state index >= 15 is 0 Å². The van der Waals surface area contributed by atoms with Crippen molar-refractivity contribution in [2.75, 3.05) is 6.61 Å². The Hall–Kier alpha value is -2.17. The maximum atomic E-state index is 12.0. The van der Waals surface area contributed by atoms with Crippen molar-refractivity contribution in [2.24, 2.45) is 11.8 Å². The fourth-order valence-electron chi connectivity index (χ4n) is 2.30. The second-order valence-electron chi connectivity index (χ2n) is 5.05. The summed E-state index contributed by atoms with van der Waals surface area (Å²) in [5.41, 5.74) is -0.203. The zero-order valence-corrected chi connectivity index (χ0v) is 11.3. The number of carbonyl (C=O) groups is 1. The molecule has 20 heavy (non-hydrogen) atoms. The van der Waals surface area contributed by atoms with Crippen LogP contribution in [0.3, 0.4) is 0 Å². The number of allylic oxidation sites excluding steroid dienone is 2. The average molecular weight is 275 g/mol. The van der Waals surface area contributed by atoms with Gasteiger partial charge in [-0.1, -0.05) is 31.2 Å². The summed E-state index contributed by atoms with van der Waals surface area (Å²) in [7, 11) is 0. The van der Waals surface area contributed by atoms with Gasteiger partial charge in [0.15, 0.2) is 0 Å². The number of rotatable bonds is 4. The molecule has 2 rings (SSSR count). The van der Waals surface area contributed by atoms with Gasteiger partial charge in [-0.2, -0.15) is 0 Å². The molecular weight excluding hydrogens is 258 g/mol. The Kier molecular flexibility index (Phi) is 4.50. The minimum absolute atomic E-state index is 0.0107. The molecule has 0 saturated heterocycles. The number of esters is 1. The lowest BCUT2D eigenvalue weighted by atomic mass is 9.85. The van der Waals surface area contributed by atoms with Gasteiger partial charge >= 0.3 is 5.97 Å². The molecule has 0 bridgehead atoms. The Bertz CT molecular complexity index is 538. The van der Waals surface area contributed by atoms with Crippen LogP contribution >= 0.6 is 0 Å². The minimum atomic E-state index is -0.626. The van der Waals surface area contributed by atoms with Crippen molar-refractivity contribution in [2.45, 2.75) is 19.8 Å². The highest BCUT2D eigenvalue weighted by Gasteiger charge is 2.24. The third-order valence-corrected chi connectivity index (χ3v) is 3.67. The average Bonchev–Trinajstić information content (AvgIpc) is 2.46. The van der Waals surface area contributed by atoms with Crippen molar-refractivity contribution in [1.82, 2.24) is 0 Å². The van der Waals surface area contributed by atoms with Crippen LogP contribution in [0, 0.1) is 22.0 Å². The van der Waals surface area contributed by atoms with Crippen LogP contribution in [-0.4, -0.2) is 17.5 Å². The lowest BCUT2D eigenvalue weighted by Gasteiger charge is -2.24. The number of hydrogen-bond donors (Lipinski definition) is 0. The van der Waals surface area contributed by atoms with Crippen molar-refractivity contribution in [3.05, 3.63) is 52.1 Å². The maximum Gasteiger partial charge on any atom is 0.345 e. The number of carbonyl (C=O) groups excluding carboxylic acids is 1. The number of ether oxygens (including phenoxy) is 1. The molecular formula is C15H17NO4. The highest BCUT2D eigenvalue weighted by molar-refractivity contribution is 5.93. The Balaban J connectivity index is 2.02. The first-order chi connectivity index (χ1) is 9.59. The molecule has 0 saturated carbocycles. The third kappa shape index (κ3) is 3.23. The van der Waals surface area contributed by atoms with E-state index in [2.05, 4.69) is 19.1 Å². The monoisotopic (exact) mass is 275 g/mol. The smallest absolute Gasteiger partial charge is 0.345 e. The quantitative estimate of drug-likeness (QED) is 0.365. The SMILES string of the molecule is CC1CC=CCC1COC(=O)c1ccccc1[N+](=O)[O-]. The van der Waals surface area contributed by atoms with Crippen LogP contribution in [0.2, 0.25) is 0 Å². The van der Waals surface area contributed by atoms with E-state index in [1.54, 1.807) is 6.07 Å². The van der Waals surface area contributed by atoms with Crippen molar-refractivity contribution < 1.29 is 14.5 Å². The first-order valence-corrected chi connectivity index (χ1v) is 6.65. The molecule has 0 spiro atoms. The van der Waals surface area contributed by atoms with E-state index in [1.807, 2.05) is 0 Å². The Morgan fingerprint density at radius 3 is 2.75 bits per heavy atom. The number of nitro benzene ring substituents is 1. The lowest BCUT2D eigenvalue weighted by molar-refractivity contribution is -0.385. The third-order valence-electron chi connectivity index (χ3n) is 3.67. The summed E-state index contributed by atoms with van der Waals surface area (Å²) < 4.78 is 5.25. The molecule has 5 heteroatoms. The number of nitrogens with zero attached hydrogens (tertiary/aromatic N) is 1. The van der Waals surface area contributed by atoms with Gasteiger partial charge in [0.05, 0.1) is 11.5 Å². The number of hydrogen-bond acceptors (Lipinski definition) is 4. The molecule has 0 heterocycles. The predicted octanol–water partition coefficient (Wildman–Crippen LogP) is 3.35. The van der Waals surface area contributed by atoms with Crippen molar-refractivity contribution in [1.29, 1.82) is 0 Å². The van der Waals surface area contributed by atoms with E-state index in [0.717, 1.165) is 12.8 Å². The van der Waals surface area contributed by atoms with Crippen molar-refractivity contribution >= 4 is 11.7 Å². The van der Waals surface area contributed by atoms with Crippen LogP contribution in [0.25, 0.3) is 0 Å². The zero-order valence-electron chi connectivity index (χ0n) is 11.3. The Morgan fingerprint density at radius 2 is 2.05 bits per heavy atom. The first kappa shape index (κ1) is 14.2. The summed E-state index contributed by atoms with van der Waals surface area (Å²) in [5.74, 6) is 0.115. The van der Waals surface area contributed by atoms with E-state index < -0.39 is 10.9 Å². The van der Waals surface area contributed by atoms with E-state index in [-0.39, 0.29) is 17.2 Å². The minimum Gasteiger partial charge on any atom is -0.462 e. The van der Waals surface area contributed by atoms with E-state index in [0.29, 0.717) is 12.5 Å². The van der Waals surface area contributed by atoms with Gasteiger partial charge in [-0.15, -0.1) is 0 Å². The molecule has 0 fully saturated rings. The first-order valence-electron chi connectivity index (χ1n) is 6.65. The molecule has 1 aromatic rings. The van der Waals surface area contributed by atoms with Gasteiger partial charge in [0.1, 0.15) is 5.56 Å². The van der Waals surface area contributed by atoms with Crippen LogP contribution in [0.1, 0.15) is 30.1 Å². The van der Waals surface area contributed by atoms with Crippen LogP contribution < -0.4 is 0 Å². The van der Waals surface area contributed by atoms with Gasteiger partial charge in [-0.05, 0) is 30.7 Å². The number of nitro groups is 1. The summed E-state index contributed by atoms with van der Waals surface area (Å²) in [6.45, 7) is 2.42. The molecule has 1 aliphatic rings. The second kappa shape index (κ2) is 6.32. The fraction of sp³-hybridized carbons (Fsp3) is 0.400. The zero-order chi connectivity index (χ0) is 14.5. The van der Waals surface area contributed by atoms with Gasteiger partial charge in [0.25, 0.3) is 5.69 Å². The molecule has 1 aromatic carbocycles. The molecule has 0 amide bonds.